The van der Waals surface area contributed by atoms with Crippen LogP contribution in [0.3, 0.4) is 0 Å². The molecule has 0 bridgehead atoms. The van der Waals surface area contributed by atoms with Crippen LogP contribution in [0.4, 0.5) is 0 Å². The number of nitrogens with one attached hydrogen (secondary N) is 4. The molecule has 1 saturated carbocycles. The van der Waals surface area contributed by atoms with E-state index in [1.54, 1.807) is 0 Å². The minimum Gasteiger partial charge on any atom is -0.348 e. The lowest BCUT2D eigenvalue weighted by molar-refractivity contribution is 0.280. The Morgan fingerprint density at radius 3 is 2.13 bits per heavy atom. The standard InChI is InChI=1S/C24H32N6.BrH/c1-2-7-23(30-18-24-27-13-14-28-24)22(6-1)29-16-20-10-8-19(9-11-20)15-25-17-21-5-3-4-12-26-21;/h3-5,8-14,22-23,25,29-30H,1-2,6-7,15-18H2,(H,27,28);1H/t22-,23+;/m1./s1. The van der Waals surface area contributed by atoms with E-state index >= 15 is 0 Å². The molecule has 31 heavy (non-hydrogen) atoms. The van der Waals surface area contributed by atoms with Gasteiger partial charge in [-0.3, -0.25) is 4.98 Å². The zero-order valence-electron chi connectivity index (χ0n) is 17.9. The molecule has 2 heterocycles. The molecule has 3 aromatic rings. The van der Waals surface area contributed by atoms with Crippen molar-refractivity contribution >= 4 is 17.0 Å². The average Bonchev–Trinajstić information content (AvgIpc) is 3.32. The number of halogens is 1. The lowest BCUT2D eigenvalue weighted by Gasteiger charge is -2.33. The van der Waals surface area contributed by atoms with E-state index in [4.69, 9.17) is 0 Å². The lowest BCUT2D eigenvalue weighted by atomic mass is 9.90. The van der Waals surface area contributed by atoms with Crippen LogP contribution >= 0.6 is 17.0 Å². The normalized spacial score (nSPS) is 18.5. The van der Waals surface area contributed by atoms with Crippen LogP contribution in [0.1, 0.15) is 48.3 Å². The van der Waals surface area contributed by atoms with Gasteiger partial charge in [0.1, 0.15) is 5.82 Å². The average molecular weight is 485 g/mol. The van der Waals surface area contributed by atoms with Crippen molar-refractivity contribution in [2.75, 3.05) is 0 Å². The van der Waals surface area contributed by atoms with E-state index in [1.165, 1.54) is 36.8 Å². The number of nitrogens with zero attached hydrogens (tertiary/aromatic N) is 2. The molecule has 1 aliphatic carbocycles. The Morgan fingerprint density at radius 2 is 1.48 bits per heavy atom. The number of hydrogen-bond donors (Lipinski definition) is 4. The van der Waals surface area contributed by atoms with E-state index in [0.29, 0.717) is 12.1 Å². The number of benzene rings is 1. The highest BCUT2D eigenvalue weighted by molar-refractivity contribution is 8.93. The molecule has 0 radical (unpaired) electrons. The fraction of sp³-hybridized carbons (Fsp3) is 0.417. The highest BCUT2D eigenvalue weighted by Gasteiger charge is 2.24. The van der Waals surface area contributed by atoms with Gasteiger partial charge in [-0.1, -0.05) is 43.2 Å². The van der Waals surface area contributed by atoms with Crippen molar-refractivity contribution < 1.29 is 0 Å². The first-order valence-electron chi connectivity index (χ1n) is 11.0. The van der Waals surface area contributed by atoms with Gasteiger partial charge in [0.25, 0.3) is 0 Å². The van der Waals surface area contributed by atoms with Gasteiger partial charge in [0, 0.05) is 50.3 Å². The van der Waals surface area contributed by atoms with Crippen LogP contribution in [0.15, 0.2) is 61.1 Å². The molecule has 1 aromatic carbocycles. The zero-order valence-corrected chi connectivity index (χ0v) is 19.6. The Bertz CT molecular complexity index is 854. The van der Waals surface area contributed by atoms with E-state index in [0.717, 1.165) is 37.7 Å². The van der Waals surface area contributed by atoms with Crippen molar-refractivity contribution in [3.8, 4) is 0 Å². The topological polar surface area (TPSA) is 77.7 Å². The van der Waals surface area contributed by atoms with Gasteiger partial charge in [0.05, 0.1) is 12.2 Å². The summed E-state index contributed by atoms with van der Waals surface area (Å²) < 4.78 is 0. The third-order valence-electron chi connectivity index (χ3n) is 5.81. The highest BCUT2D eigenvalue weighted by Crippen LogP contribution is 2.19. The SMILES string of the molecule is Br.c1ccc(CNCc2ccc(CN[C@@H]3CCCC[C@@H]3NCc3ncc[nH]3)cc2)nc1. The first kappa shape index (κ1) is 23.6. The van der Waals surface area contributed by atoms with Crippen LogP contribution in [0.25, 0.3) is 0 Å². The maximum atomic E-state index is 4.35. The monoisotopic (exact) mass is 484 g/mol. The van der Waals surface area contributed by atoms with Gasteiger partial charge in [-0.05, 0) is 36.1 Å². The van der Waals surface area contributed by atoms with Gasteiger partial charge < -0.3 is 20.9 Å². The minimum atomic E-state index is 0. The molecule has 2 atom stereocenters. The smallest absolute Gasteiger partial charge is 0.120 e. The maximum absolute atomic E-state index is 4.35. The molecular weight excluding hydrogens is 452 g/mol. The van der Waals surface area contributed by atoms with E-state index in [9.17, 15) is 0 Å². The summed E-state index contributed by atoms with van der Waals surface area (Å²) in [6.45, 7) is 3.35. The number of aromatic nitrogens is 3. The lowest BCUT2D eigenvalue weighted by Crippen LogP contribution is -2.49. The van der Waals surface area contributed by atoms with Gasteiger partial charge in [0.2, 0.25) is 0 Å². The van der Waals surface area contributed by atoms with Crippen LogP contribution in [-0.4, -0.2) is 27.0 Å². The third kappa shape index (κ3) is 7.54. The van der Waals surface area contributed by atoms with Crippen LogP contribution in [0.2, 0.25) is 0 Å². The fourth-order valence-corrected chi connectivity index (χ4v) is 4.10. The molecule has 7 heteroatoms. The quantitative estimate of drug-likeness (QED) is 0.351. The molecule has 4 rings (SSSR count). The maximum Gasteiger partial charge on any atom is 0.120 e. The van der Waals surface area contributed by atoms with E-state index < -0.39 is 0 Å². The van der Waals surface area contributed by atoms with Crippen molar-refractivity contribution in [3.05, 3.63) is 83.7 Å². The first-order valence-corrected chi connectivity index (χ1v) is 11.0. The van der Waals surface area contributed by atoms with Crippen molar-refractivity contribution in [1.29, 1.82) is 0 Å². The number of rotatable bonds is 10. The molecule has 1 aliphatic rings. The molecule has 0 spiro atoms. The van der Waals surface area contributed by atoms with Crippen LogP contribution < -0.4 is 16.0 Å². The van der Waals surface area contributed by atoms with E-state index in [1.807, 2.05) is 36.8 Å². The van der Waals surface area contributed by atoms with E-state index in [2.05, 4.69) is 55.2 Å². The molecule has 1 fully saturated rings. The summed E-state index contributed by atoms with van der Waals surface area (Å²) in [4.78, 5) is 11.8. The summed E-state index contributed by atoms with van der Waals surface area (Å²) >= 11 is 0. The molecule has 0 saturated heterocycles. The predicted octanol–water partition coefficient (Wildman–Crippen LogP) is 3.86. The van der Waals surface area contributed by atoms with Crippen molar-refractivity contribution in [3.63, 3.8) is 0 Å². The van der Waals surface area contributed by atoms with Gasteiger partial charge >= 0.3 is 0 Å². The summed E-state index contributed by atoms with van der Waals surface area (Å²) in [6, 6.07) is 15.9. The molecule has 0 aliphatic heterocycles. The Hall–Kier alpha value is -2.06. The van der Waals surface area contributed by atoms with Crippen molar-refractivity contribution in [1.82, 2.24) is 30.9 Å². The Morgan fingerprint density at radius 1 is 0.774 bits per heavy atom. The Kier molecular flexibility index (Phi) is 9.68. The van der Waals surface area contributed by atoms with Gasteiger partial charge in [0.15, 0.2) is 0 Å². The number of aromatic amines is 1. The summed E-state index contributed by atoms with van der Waals surface area (Å²) in [5, 5.41) is 10.9. The summed E-state index contributed by atoms with van der Waals surface area (Å²) in [5.41, 5.74) is 3.70. The second-order valence-electron chi connectivity index (χ2n) is 8.04. The first-order chi connectivity index (χ1) is 14.9. The number of hydrogen-bond acceptors (Lipinski definition) is 5. The largest absolute Gasteiger partial charge is 0.348 e. The molecule has 4 N–H and O–H groups in total. The van der Waals surface area contributed by atoms with Gasteiger partial charge in [-0.25, -0.2) is 4.98 Å². The van der Waals surface area contributed by atoms with Crippen LogP contribution in [0.5, 0.6) is 0 Å². The van der Waals surface area contributed by atoms with Crippen molar-refractivity contribution in [2.24, 2.45) is 0 Å². The predicted molar refractivity (Wildman–Crippen MR) is 130 cm³/mol. The summed E-state index contributed by atoms with van der Waals surface area (Å²) in [7, 11) is 0. The Balaban J connectivity index is 0.00000272. The second-order valence-corrected chi connectivity index (χ2v) is 8.04. The number of H-pyrrole nitrogens is 1. The van der Waals surface area contributed by atoms with Gasteiger partial charge in [-0.15, -0.1) is 17.0 Å². The summed E-state index contributed by atoms with van der Waals surface area (Å²) in [6.07, 6.45) is 10.6. The fourth-order valence-electron chi connectivity index (χ4n) is 4.10. The number of pyridine rings is 1. The molecule has 0 amide bonds. The molecule has 6 nitrogen and oxygen atoms in total. The molecule has 0 unspecified atom stereocenters. The Labute approximate surface area is 195 Å². The molecular formula is C24H33BrN6. The summed E-state index contributed by atoms with van der Waals surface area (Å²) in [5.74, 6) is 1.01. The molecule has 2 aromatic heterocycles. The highest BCUT2D eigenvalue weighted by atomic mass is 79.9. The van der Waals surface area contributed by atoms with Crippen LogP contribution in [0, 0.1) is 0 Å². The molecule has 166 valence electrons. The second kappa shape index (κ2) is 12.7. The van der Waals surface area contributed by atoms with Gasteiger partial charge in [-0.2, -0.15) is 0 Å². The number of imidazole rings is 1. The third-order valence-corrected chi connectivity index (χ3v) is 5.81. The minimum absolute atomic E-state index is 0. The van der Waals surface area contributed by atoms with Crippen molar-refractivity contribution in [2.45, 2.75) is 63.9 Å². The van der Waals surface area contributed by atoms with E-state index in [-0.39, 0.29) is 17.0 Å². The zero-order chi connectivity index (χ0) is 20.4. The van der Waals surface area contributed by atoms with Crippen LogP contribution in [-0.2, 0) is 26.2 Å².